The Morgan fingerprint density at radius 2 is 1.95 bits per heavy atom. The molecule has 1 N–H and O–H groups in total. The third-order valence-corrected chi connectivity index (χ3v) is 3.81. The summed E-state index contributed by atoms with van der Waals surface area (Å²) in [6.45, 7) is 5.22. The highest BCUT2D eigenvalue weighted by Gasteiger charge is 2.22. The summed E-state index contributed by atoms with van der Waals surface area (Å²) in [5, 5.41) is 3.44. The number of halogens is 1. The molecular formula is C17H28IN3O. The van der Waals surface area contributed by atoms with E-state index in [0.29, 0.717) is 6.10 Å². The number of rotatable bonds is 5. The van der Waals surface area contributed by atoms with Crippen LogP contribution in [-0.2, 0) is 0 Å². The van der Waals surface area contributed by atoms with Gasteiger partial charge in [0.15, 0.2) is 5.96 Å². The Labute approximate surface area is 151 Å². The van der Waals surface area contributed by atoms with E-state index in [9.17, 15) is 0 Å². The van der Waals surface area contributed by atoms with Crippen LogP contribution in [0.2, 0.25) is 0 Å². The van der Waals surface area contributed by atoms with Crippen LogP contribution in [0.5, 0.6) is 5.75 Å². The zero-order chi connectivity index (χ0) is 14.9. The van der Waals surface area contributed by atoms with Crippen molar-refractivity contribution in [3.05, 3.63) is 30.3 Å². The monoisotopic (exact) mass is 417 g/mol. The van der Waals surface area contributed by atoms with Crippen molar-refractivity contribution >= 4 is 29.9 Å². The van der Waals surface area contributed by atoms with Gasteiger partial charge in [-0.1, -0.05) is 31.5 Å². The molecule has 0 spiro atoms. The summed E-state index contributed by atoms with van der Waals surface area (Å²) in [4.78, 5) is 6.72. The molecule has 0 bridgehead atoms. The predicted molar refractivity (Wildman–Crippen MR) is 103 cm³/mol. The quantitative estimate of drug-likeness (QED) is 0.345. The summed E-state index contributed by atoms with van der Waals surface area (Å²) in [6, 6.07) is 10.1. The van der Waals surface area contributed by atoms with Crippen molar-refractivity contribution in [3.8, 4) is 5.75 Å². The fourth-order valence-electron chi connectivity index (χ4n) is 2.59. The Bertz CT molecular complexity index is 431. The summed E-state index contributed by atoms with van der Waals surface area (Å²) >= 11 is 0. The van der Waals surface area contributed by atoms with Crippen LogP contribution in [0.4, 0.5) is 0 Å². The summed E-state index contributed by atoms with van der Waals surface area (Å²) < 4.78 is 6.03. The number of unbranched alkanes of at least 4 members (excludes halogenated alkanes) is 1. The first-order valence-corrected chi connectivity index (χ1v) is 8.00. The number of para-hydroxylation sites is 1. The fourth-order valence-corrected chi connectivity index (χ4v) is 2.59. The van der Waals surface area contributed by atoms with Crippen LogP contribution >= 0.6 is 24.0 Å². The maximum absolute atomic E-state index is 6.03. The molecule has 2 rings (SSSR count). The highest BCUT2D eigenvalue weighted by molar-refractivity contribution is 14.0. The van der Waals surface area contributed by atoms with Gasteiger partial charge in [0.2, 0.25) is 0 Å². The van der Waals surface area contributed by atoms with E-state index in [1.807, 2.05) is 37.4 Å². The van der Waals surface area contributed by atoms with Crippen LogP contribution in [0.15, 0.2) is 35.3 Å². The van der Waals surface area contributed by atoms with Crippen LogP contribution in [0, 0.1) is 0 Å². The Morgan fingerprint density at radius 1 is 1.27 bits per heavy atom. The number of hydrogen-bond donors (Lipinski definition) is 1. The lowest BCUT2D eigenvalue weighted by atomic mass is 10.1. The third-order valence-electron chi connectivity index (χ3n) is 3.81. The molecule has 1 aliphatic heterocycles. The molecule has 0 unspecified atom stereocenters. The van der Waals surface area contributed by atoms with E-state index >= 15 is 0 Å². The first kappa shape index (κ1) is 19.1. The van der Waals surface area contributed by atoms with Gasteiger partial charge in [0.05, 0.1) is 0 Å². The number of hydrogen-bond acceptors (Lipinski definition) is 2. The van der Waals surface area contributed by atoms with Gasteiger partial charge < -0.3 is 15.0 Å². The summed E-state index contributed by atoms with van der Waals surface area (Å²) in [5.41, 5.74) is 0. The van der Waals surface area contributed by atoms with E-state index in [-0.39, 0.29) is 24.0 Å². The van der Waals surface area contributed by atoms with Gasteiger partial charge in [-0.15, -0.1) is 24.0 Å². The number of piperidine rings is 1. The smallest absolute Gasteiger partial charge is 0.193 e. The topological polar surface area (TPSA) is 36.9 Å². The van der Waals surface area contributed by atoms with Gasteiger partial charge in [-0.2, -0.15) is 0 Å². The molecule has 0 radical (unpaired) electrons. The van der Waals surface area contributed by atoms with Gasteiger partial charge >= 0.3 is 0 Å². The number of ether oxygens (including phenoxy) is 1. The maximum Gasteiger partial charge on any atom is 0.193 e. The third kappa shape index (κ3) is 6.02. The van der Waals surface area contributed by atoms with Crippen molar-refractivity contribution in [1.29, 1.82) is 0 Å². The van der Waals surface area contributed by atoms with Crippen LogP contribution in [0.3, 0.4) is 0 Å². The lowest BCUT2D eigenvalue weighted by Gasteiger charge is -2.34. The van der Waals surface area contributed by atoms with Crippen molar-refractivity contribution in [1.82, 2.24) is 10.2 Å². The molecule has 1 aromatic rings. The molecule has 1 saturated heterocycles. The zero-order valence-electron chi connectivity index (χ0n) is 13.6. The first-order chi connectivity index (χ1) is 10.3. The van der Waals surface area contributed by atoms with Crippen LogP contribution < -0.4 is 10.1 Å². The van der Waals surface area contributed by atoms with Crippen molar-refractivity contribution in [2.45, 2.75) is 38.7 Å². The minimum Gasteiger partial charge on any atom is -0.490 e. The Hall–Kier alpha value is -0.980. The van der Waals surface area contributed by atoms with Gasteiger partial charge in [-0.3, -0.25) is 4.99 Å². The second kappa shape index (κ2) is 10.7. The predicted octanol–water partition coefficient (Wildman–Crippen LogP) is 3.52. The molecular weight excluding hydrogens is 389 g/mol. The Kier molecular flexibility index (Phi) is 9.27. The van der Waals surface area contributed by atoms with Crippen molar-refractivity contribution in [3.63, 3.8) is 0 Å². The molecule has 0 saturated carbocycles. The molecule has 4 nitrogen and oxygen atoms in total. The van der Waals surface area contributed by atoms with E-state index in [1.165, 1.54) is 12.8 Å². The van der Waals surface area contributed by atoms with E-state index in [1.54, 1.807) is 0 Å². The molecule has 1 fully saturated rings. The number of guanidine groups is 1. The lowest BCUT2D eigenvalue weighted by Crippen LogP contribution is -2.47. The van der Waals surface area contributed by atoms with Gasteiger partial charge in [-0.25, -0.2) is 0 Å². The molecule has 1 aromatic carbocycles. The number of benzene rings is 1. The van der Waals surface area contributed by atoms with Crippen LogP contribution in [0.1, 0.15) is 32.6 Å². The number of aliphatic imine (C=N–C) groups is 1. The normalized spacial score (nSPS) is 16.1. The van der Waals surface area contributed by atoms with E-state index in [2.05, 4.69) is 22.1 Å². The highest BCUT2D eigenvalue weighted by Crippen LogP contribution is 2.18. The standard InChI is InChI=1S/C17H27N3O.HI/c1-3-4-12-19-17(18-2)20-13-10-16(11-14-20)21-15-8-6-5-7-9-15;/h5-9,16H,3-4,10-14H2,1-2H3,(H,18,19);1H. The maximum atomic E-state index is 6.03. The lowest BCUT2D eigenvalue weighted by molar-refractivity contribution is 0.129. The van der Waals surface area contributed by atoms with Crippen LogP contribution in [0.25, 0.3) is 0 Å². The molecule has 5 heteroatoms. The molecule has 22 heavy (non-hydrogen) atoms. The highest BCUT2D eigenvalue weighted by atomic mass is 127. The summed E-state index contributed by atoms with van der Waals surface area (Å²) in [7, 11) is 1.86. The minimum atomic E-state index is 0. The summed E-state index contributed by atoms with van der Waals surface area (Å²) in [5.74, 6) is 2.00. The molecule has 1 aliphatic rings. The average Bonchev–Trinajstić information content (AvgIpc) is 2.54. The Morgan fingerprint density at radius 3 is 2.55 bits per heavy atom. The van der Waals surface area contributed by atoms with Crippen LogP contribution in [-0.4, -0.2) is 43.6 Å². The molecule has 124 valence electrons. The minimum absolute atomic E-state index is 0. The van der Waals surface area contributed by atoms with Crippen molar-refractivity contribution in [2.24, 2.45) is 4.99 Å². The van der Waals surface area contributed by atoms with Crippen molar-refractivity contribution < 1.29 is 4.74 Å². The molecule has 0 aromatic heterocycles. The molecule has 1 heterocycles. The SMILES string of the molecule is CCCCNC(=NC)N1CCC(Oc2ccccc2)CC1.I. The van der Waals surface area contributed by atoms with Gasteiger partial charge in [0.1, 0.15) is 11.9 Å². The van der Waals surface area contributed by atoms with E-state index < -0.39 is 0 Å². The number of nitrogens with zero attached hydrogens (tertiary/aromatic N) is 2. The van der Waals surface area contributed by atoms with Crippen molar-refractivity contribution in [2.75, 3.05) is 26.7 Å². The van der Waals surface area contributed by atoms with E-state index in [0.717, 1.165) is 44.2 Å². The number of likely N-dealkylation sites (tertiary alicyclic amines) is 1. The second-order valence-electron chi connectivity index (χ2n) is 5.44. The largest absolute Gasteiger partial charge is 0.490 e. The number of nitrogens with one attached hydrogen (secondary N) is 1. The second-order valence-corrected chi connectivity index (χ2v) is 5.44. The van der Waals surface area contributed by atoms with Gasteiger partial charge in [-0.05, 0) is 18.6 Å². The first-order valence-electron chi connectivity index (χ1n) is 8.00. The fraction of sp³-hybridized carbons (Fsp3) is 0.588. The molecule has 0 amide bonds. The molecule has 0 aliphatic carbocycles. The molecule has 0 atom stereocenters. The zero-order valence-corrected chi connectivity index (χ0v) is 16.0. The average molecular weight is 417 g/mol. The van der Waals surface area contributed by atoms with Gasteiger partial charge in [0, 0.05) is 39.5 Å². The van der Waals surface area contributed by atoms with E-state index in [4.69, 9.17) is 4.74 Å². The summed E-state index contributed by atoms with van der Waals surface area (Å²) in [6.07, 6.45) is 4.80. The Balaban J connectivity index is 0.00000242. The van der Waals surface area contributed by atoms with Gasteiger partial charge in [0.25, 0.3) is 0 Å².